The number of cyclic esters (lactones) is 1. The second kappa shape index (κ2) is 9.05. The third kappa shape index (κ3) is 3.56. The second-order valence-electron chi connectivity index (χ2n) is 10.0. The number of esters is 1. The molecule has 0 aromatic heterocycles. The van der Waals surface area contributed by atoms with Gasteiger partial charge in [-0.05, 0) is 51.0 Å². The first-order chi connectivity index (χ1) is 17.3. The van der Waals surface area contributed by atoms with Crippen LogP contribution in [0.4, 0.5) is 5.69 Å². The molecule has 0 aliphatic carbocycles. The number of carbonyl (C=O) groups is 3. The van der Waals surface area contributed by atoms with Gasteiger partial charge in [0, 0.05) is 12.2 Å². The van der Waals surface area contributed by atoms with Crippen LogP contribution in [0.15, 0.2) is 48.6 Å². The number of anilines is 1. The second-order valence-corrected chi connectivity index (χ2v) is 10.0. The topological polar surface area (TPSA) is 106 Å². The van der Waals surface area contributed by atoms with E-state index in [4.69, 9.17) is 14.2 Å². The summed E-state index contributed by atoms with van der Waals surface area (Å²) in [5.41, 5.74) is -1.88. The molecule has 0 bridgehead atoms. The van der Waals surface area contributed by atoms with Crippen LogP contribution in [-0.2, 0) is 23.9 Å². The number of hydrogen-bond donors (Lipinski definition) is 1. The zero-order chi connectivity index (χ0) is 25.7. The van der Waals surface area contributed by atoms with Crippen LogP contribution in [0.1, 0.15) is 26.7 Å². The van der Waals surface area contributed by atoms with E-state index in [0.717, 1.165) is 0 Å². The van der Waals surface area contributed by atoms with Crippen LogP contribution in [0.3, 0.4) is 0 Å². The summed E-state index contributed by atoms with van der Waals surface area (Å²) in [6, 6.07) is 5.38. The maximum atomic E-state index is 14.2. The lowest BCUT2D eigenvalue weighted by atomic mass is 9.74. The largest absolute Gasteiger partial charge is 0.497 e. The number of ether oxygens (including phenoxy) is 3. The van der Waals surface area contributed by atoms with E-state index in [2.05, 4.69) is 0 Å². The number of likely N-dealkylation sites (tertiary alicyclic amines) is 1. The van der Waals surface area contributed by atoms with Gasteiger partial charge in [0.15, 0.2) is 0 Å². The summed E-state index contributed by atoms with van der Waals surface area (Å²) in [6.07, 6.45) is 8.77. The molecule has 0 saturated carbocycles. The standard InChI is InChI=1S/C27H32N2O7/c1-17(16-30)29-22-24(32)28(18-8-10-19(34-3)11-9-18)14-7-13-27(22)20(23(29)31)21-25(33)35-15-6-4-5-12-26(21,2)36-27/h5,7-13,17,20-22,30H,4,6,14-16H2,1-3H3/b12-5-/t17-,20+,21-,22?,26+,27+/m1/s1. The molecule has 1 N–H and O–H groups in total. The van der Waals surface area contributed by atoms with Gasteiger partial charge in [-0.3, -0.25) is 14.4 Å². The first-order valence-electron chi connectivity index (χ1n) is 12.4. The van der Waals surface area contributed by atoms with Crippen molar-refractivity contribution < 1.29 is 33.7 Å². The van der Waals surface area contributed by atoms with Gasteiger partial charge < -0.3 is 29.1 Å². The molecule has 1 aromatic carbocycles. The van der Waals surface area contributed by atoms with E-state index >= 15 is 0 Å². The highest BCUT2D eigenvalue weighted by atomic mass is 16.6. The smallest absolute Gasteiger partial charge is 0.313 e. The summed E-state index contributed by atoms with van der Waals surface area (Å²) in [5, 5.41) is 10.0. The fraction of sp³-hybridized carbons (Fsp3) is 0.519. The predicted molar refractivity (Wildman–Crippen MR) is 130 cm³/mol. The molecule has 1 unspecified atom stereocenters. The average molecular weight is 497 g/mol. The van der Waals surface area contributed by atoms with Crippen LogP contribution in [0, 0.1) is 11.8 Å². The van der Waals surface area contributed by atoms with Crippen LogP contribution in [0.25, 0.3) is 0 Å². The lowest BCUT2D eigenvalue weighted by molar-refractivity contribution is -0.159. The van der Waals surface area contributed by atoms with Crippen LogP contribution in [-0.4, -0.2) is 77.9 Å². The van der Waals surface area contributed by atoms with Crippen molar-refractivity contribution in [2.24, 2.45) is 11.8 Å². The van der Waals surface area contributed by atoms with Crippen molar-refractivity contribution in [2.45, 2.75) is 50.0 Å². The van der Waals surface area contributed by atoms with Gasteiger partial charge in [0.25, 0.3) is 5.91 Å². The molecule has 4 aliphatic rings. The summed E-state index contributed by atoms with van der Waals surface area (Å²) in [5.74, 6) is -2.48. The van der Waals surface area contributed by atoms with Gasteiger partial charge in [0.05, 0.1) is 37.9 Å². The first-order valence-corrected chi connectivity index (χ1v) is 12.4. The number of rotatable bonds is 4. The molecule has 9 heteroatoms. The highest BCUT2D eigenvalue weighted by molar-refractivity contribution is 6.05. The molecule has 36 heavy (non-hydrogen) atoms. The lowest BCUT2D eigenvalue weighted by Crippen LogP contribution is -2.58. The number of hydrogen-bond acceptors (Lipinski definition) is 7. The molecule has 192 valence electrons. The first kappa shape index (κ1) is 24.5. The van der Waals surface area contributed by atoms with Gasteiger partial charge in [0.1, 0.15) is 23.3 Å². The van der Waals surface area contributed by atoms with Gasteiger partial charge in [-0.2, -0.15) is 0 Å². The average Bonchev–Trinajstić information content (AvgIpc) is 3.23. The quantitative estimate of drug-likeness (QED) is 0.501. The fourth-order valence-corrected chi connectivity index (χ4v) is 6.13. The number of nitrogens with zero attached hydrogens (tertiary/aromatic N) is 2. The van der Waals surface area contributed by atoms with E-state index < -0.39 is 47.0 Å². The van der Waals surface area contributed by atoms with Gasteiger partial charge >= 0.3 is 5.97 Å². The van der Waals surface area contributed by atoms with Crippen LogP contribution < -0.4 is 9.64 Å². The molecule has 9 nitrogen and oxygen atoms in total. The highest BCUT2D eigenvalue weighted by Crippen LogP contribution is 2.57. The molecule has 1 spiro atoms. The summed E-state index contributed by atoms with van der Waals surface area (Å²) >= 11 is 0. The zero-order valence-electron chi connectivity index (χ0n) is 20.8. The predicted octanol–water partition coefficient (Wildman–Crippen LogP) is 1.84. The maximum Gasteiger partial charge on any atom is 0.313 e. The molecule has 0 radical (unpaired) electrons. The number of fused-ring (bicyclic) bond motifs is 2. The van der Waals surface area contributed by atoms with Gasteiger partial charge in [-0.25, -0.2) is 0 Å². The van der Waals surface area contributed by atoms with Crippen molar-refractivity contribution in [2.75, 3.05) is 31.8 Å². The van der Waals surface area contributed by atoms with Crippen LogP contribution >= 0.6 is 0 Å². The third-order valence-electron chi connectivity index (χ3n) is 7.81. The molecular formula is C27H32N2O7. The Morgan fingerprint density at radius 3 is 2.56 bits per heavy atom. The van der Waals surface area contributed by atoms with Gasteiger partial charge in [0.2, 0.25) is 5.91 Å². The molecule has 2 amide bonds. The zero-order valence-corrected chi connectivity index (χ0v) is 20.8. The van der Waals surface area contributed by atoms with E-state index in [9.17, 15) is 19.5 Å². The number of aliphatic hydroxyl groups is 1. The highest BCUT2D eigenvalue weighted by Gasteiger charge is 2.75. The third-order valence-corrected chi connectivity index (χ3v) is 7.81. The number of aliphatic hydroxyl groups excluding tert-OH is 1. The minimum atomic E-state index is -1.39. The SMILES string of the molecule is COc1ccc(N2CC=C[C@]34O[C@@]5(C)/C=C\CCCOC(=O)[C@H]5[C@H]3C(=O)N([C@H](C)CO)C4C2=O)cc1. The van der Waals surface area contributed by atoms with Crippen molar-refractivity contribution in [3.63, 3.8) is 0 Å². The number of allylic oxidation sites excluding steroid dienone is 1. The lowest BCUT2D eigenvalue weighted by Gasteiger charge is -2.39. The molecule has 4 aliphatic heterocycles. The number of methoxy groups -OCH3 is 1. The molecular weight excluding hydrogens is 464 g/mol. The Hall–Kier alpha value is -3.17. The Balaban J connectivity index is 1.64. The minimum absolute atomic E-state index is 0.254. The van der Waals surface area contributed by atoms with E-state index in [0.29, 0.717) is 24.3 Å². The van der Waals surface area contributed by atoms with Crippen LogP contribution in [0.2, 0.25) is 0 Å². The summed E-state index contributed by atoms with van der Waals surface area (Å²) in [6.45, 7) is 3.65. The molecule has 6 atom stereocenters. The van der Waals surface area contributed by atoms with E-state index in [1.165, 1.54) is 4.90 Å². The molecule has 2 fully saturated rings. The Labute approximate surface area is 210 Å². The minimum Gasteiger partial charge on any atom is -0.497 e. The summed E-state index contributed by atoms with van der Waals surface area (Å²) in [7, 11) is 1.57. The van der Waals surface area contributed by atoms with Crippen LogP contribution in [0.5, 0.6) is 5.75 Å². The van der Waals surface area contributed by atoms with Crippen molar-refractivity contribution in [3.8, 4) is 5.75 Å². The Bertz CT molecular complexity index is 1120. The van der Waals surface area contributed by atoms with Crippen molar-refractivity contribution in [1.29, 1.82) is 0 Å². The Morgan fingerprint density at radius 2 is 1.86 bits per heavy atom. The van der Waals surface area contributed by atoms with Gasteiger partial charge in [-0.15, -0.1) is 0 Å². The number of amides is 2. The molecule has 2 saturated heterocycles. The Kier molecular flexibility index (Phi) is 6.16. The molecule has 5 rings (SSSR count). The Morgan fingerprint density at radius 1 is 1.11 bits per heavy atom. The number of benzene rings is 1. The fourth-order valence-electron chi connectivity index (χ4n) is 6.13. The normalized spacial score (nSPS) is 35.6. The van der Waals surface area contributed by atoms with E-state index in [1.807, 2.05) is 18.2 Å². The maximum absolute atomic E-state index is 14.2. The van der Waals surface area contributed by atoms with Crippen molar-refractivity contribution in [3.05, 3.63) is 48.6 Å². The van der Waals surface area contributed by atoms with Crippen molar-refractivity contribution in [1.82, 2.24) is 4.90 Å². The summed E-state index contributed by atoms with van der Waals surface area (Å²) < 4.78 is 17.5. The van der Waals surface area contributed by atoms with E-state index in [1.54, 1.807) is 56.2 Å². The van der Waals surface area contributed by atoms with Crippen molar-refractivity contribution >= 4 is 23.5 Å². The monoisotopic (exact) mass is 496 g/mol. The summed E-state index contributed by atoms with van der Waals surface area (Å²) in [4.78, 5) is 44.6. The van der Waals surface area contributed by atoms with E-state index in [-0.39, 0.29) is 25.7 Å². The van der Waals surface area contributed by atoms with Gasteiger partial charge in [-0.1, -0.05) is 24.3 Å². The molecule has 1 aromatic rings. The molecule has 4 heterocycles. The number of carbonyl (C=O) groups excluding carboxylic acids is 3.